The predicted molar refractivity (Wildman–Crippen MR) is 52.9 cm³/mol. The molecule has 0 aliphatic heterocycles. The highest BCUT2D eigenvalue weighted by molar-refractivity contribution is 5.80. The molecule has 0 atom stereocenters. The van der Waals surface area contributed by atoms with Crippen LogP contribution in [0.4, 0.5) is 4.39 Å². The lowest BCUT2D eigenvalue weighted by atomic mass is 9.50. The Kier molecular flexibility index (Phi) is 1.89. The van der Waals surface area contributed by atoms with Gasteiger partial charge in [0.2, 0.25) is 5.67 Å². The van der Waals surface area contributed by atoms with Crippen molar-refractivity contribution >= 4 is 5.97 Å². The summed E-state index contributed by atoms with van der Waals surface area (Å²) in [6.45, 7) is 0. The maximum Gasteiger partial charge on any atom is 0.344 e. The minimum absolute atomic E-state index is 0.0544. The molecule has 0 amide bonds. The SMILES string of the molecule is COC(=O)C1(F)C2CC3CC(C2)CC1C3. The third-order valence-corrected chi connectivity index (χ3v) is 4.82. The monoisotopic (exact) mass is 212 g/mol. The van der Waals surface area contributed by atoms with E-state index in [2.05, 4.69) is 4.74 Å². The Morgan fingerprint density at radius 2 is 1.60 bits per heavy atom. The van der Waals surface area contributed by atoms with E-state index in [0.29, 0.717) is 11.8 Å². The molecular formula is C12H17FO2. The Morgan fingerprint density at radius 1 is 1.13 bits per heavy atom. The maximum atomic E-state index is 14.8. The highest BCUT2D eigenvalue weighted by atomic mass is 19.1. The smallest absolute Gasteiger partial charge is 0.344 e. The third kappa shape index (κ3) is 1.12. The lowest BCUT2D eigenvalue weighted by Crippen LogP contribution is -2.59. The molecule has 3 heteroatoms. The second-order valence-corrected chi connectivity index (χ2v) is 5.56. The summed E-state index contributed by atoms with van der Waals surface area (Å²) in [5.74, 6) is 0.640. The zero-order valence-corrected chi connectivity index (χ0v) is 9.04. The van der Waals surface area contributed by atoms with Crippen LogP contribution in [0, 0.1) is 23.7 Å². The van der Waals surface area contributed by atoms with Gasteiger partial charge in [-0.2, -0.15) is 0 Å². The van der Waals surface area contributed by atoms with Crippen molar-refractivity contribution in [2.24, 2.45) is 23.7 Å². The van der Waals surface area contributed by atoms with E-state index in [1.54, 1.807) is 0 Å². The number of carbonyl (C=O) groups excluding carboxylic acids is 1. The van der Waals surface area contributed by atoms with Crippen molar-refractivity contribution in [3.05, 3.63) is 0 Å². The van der Waals surface area contributed by atoms with Crippen molar-refractivity contribution in [1.29, 1.82) is 0 Å². The van der Waals surface area contributed by atoms with E-state index >= 15 is 0 Å². The standard InChI is InChI=1S/C12H17FO2/c1-15-11(14)12(13)9-3-7-2-8(5-9)6-10(12)4-7/h7-10H,2-6H2,1H3. The van der Waals surface area contributed by atoms with Crippen LogP contribution in [0.2, 0.25) is 0 Å². The summed E-state index contributed by atoms with van der Waals surface area (Å²) in [6.07, 6.45) is 4.87. The quantitative estimate of drug-likeness (QED) is 0.623. The number of alkyl halides is 1. The molecule has 4 fully saturated rings. The highest BCUT2D eigenvalue weighted by Gasteiger charge is 2.62. The van der Waals surface area contributed by atoms with Crippen LogP contribution in [-0.2, 0) is 9.53 Å². The second kappa shape index (κ2) is 2.96. The van der Waals surface area contributed by atoms with Crippen molar-refractivity contribution in [3.8, 4) is 0 Å². The summed E-state index contributed by atoms with van der Waals surface area (Å²) in [7, 11) is 1.30. The van der Waals surface area contributed by atoms with Crippen LogP contribution >= 0.6 is 0 Å². The topological polar surface area (TPSA) is 26.3 Å². The number of carbonyl (C=O) groups is 1. The second-order valence-electron chi connectivity index (χ2n) is 5.56. The van der Waals surface area contributed by atoms with Crippen LogP contribution in [-0.4, -0.2) is 18.7 Å². The summed E-state index contributed by atoms with van der Waals surface area (Å²) in [4.78, 5) is 11.6. The average molecular weight is 212 g/mol. The first-order valence-electron chi connectivity index (χ1n) is 5.92. The van der Waals surface area contributed by atoms with E-state index in [-0.39, 0.29) is 11.8 Å². The molecule has 0 spiro atoms. The van der Waals surface area contributed by atoms with Crippen molar-refractivity contribution < 1.29 is 13.9 Å². The van der Waals surface area contributed by atoms with E-state index < -0.39 is 11.6 Å². The van der Waals surface area contributed by atoms with Gasteiger partial charge >= 0.3 is 5.97 Å². The number of rotatable bonds is 1. The molecule has 2 nitrogen and oxygen atoms in total. The summed E-state index contributed by atoms with van der Waals surface area (Å²) >= 11 is 0. The summed E-state index contributed by atoms with van der Waals surface area (Å²) in [5.41, 5.74) is -1.65. The normalized spacial score (nSPS) is 51.9. The predicted octanol–water partition coefficient (Wildman–Crippen LogP) is 2.32. The molecule has 4 rings (SSSR count). The number of hydrogen-bond acceptors (Lipinski definition) is 2. The number of ether oxygens (including phenoxy) is 1. The van der Waals surface area contributed by atoms with Gasteiger partial charge in [-0.15, -0.1) is 0 Å². The lowest BCUT2D eigenvalue weighted by molar-refractivity contribution is -0.185. The van der Waals surface area contributed by atoms with Crippen molar-refractivity contribution in [1.82, 2.24) is 0 Å². The molecular weight excluding hydrogens is 195 g/mol. The molecule has 0 aromatic rings. The zero-order valence-electron chi connectivity index (χ0n) is 9.04. The van der Waals surface area contributed by atoms with Gasteiger partial charge in [0, 0.05) is 11.8 Å². The fourth-order valence-electron chi connectivity index (χ4n) is 4.36. The van der Waals surface area contributed by atoms with Crippen molar-refractivity contribution in [2.45, 2.75) is 37.8 Å². The van der Waals surface area contributed by atoms with E-state index in [0.717, 1.165) is 25.7 Å². The van der Waals surface area contributed by atoms with Crippen LogP contribution in [0.1, 0.15) is 32.1 Å². The Morgan fingerprint density at radius 3 is 2.00 bits per heavy atom. The van der Waals surface area contributed by atoms with Crippen LogP contribution in [0.15, 0.2) is 0 Å². The first-order chi connectivity index (χ1) is 7.14. The fraction of sp³-hybridized carbons (Fsp3) is 0.917. The van der Waals surface area contributed by atoms with Gasteiger partial charge in [0.15, 0.2) is 0 Å². The van der Waals surface area contributed by atoms with Gasteiger partial charge in [-0.05, 0) is 43.9 Å². The highest BCUT2D eigenvalue weighted by Crippen LogP contribution is 2.60. The minimum Gasteiger partial charge on any atom is -0.467 e. The van der Waals surface area contributed by atoms with Crippen molar-refractivity contribution in [2.75, 3.05) is 7.11 Å². The molecule has 84 valence electrons. The van der Waals surface area contributed by atoms with Crippen LogP contribution in [0.5, 0.6) is 0 Å². The molecule has 0 aromatic carbocycles. The molecule has 0 aromatic heterocycles. The Labute approximate surface area is 89.2 Å². The molecule has 4 saturated carbocycles. The largest absolute Gasteiger partial charge is 0.467 e. The van der Waals surface area contributed by atoms with Crippen LogP contribution in [0.25, 0.3) is 0 Å². The van der Waals surface area contributed by atoms with E-state index in [4.69, 9.17) is 0 Å². The number of methoxy groups -OCH3 is 1. The lowest BCUT2D eigenvalue weighted by Gasteiger charge is -2.55. The fourth-order valence-corrected chi connectivity index (χ4v) is 4.36. The molecule has 4 aliphatic rings. The first kappa shape index (κ1) is 9.61. The Hall–Kier alpha value is -0.600. The van der Waals surface area contributed by atoms with E-state index in [9.17, 15) is 9.18 Å². The molecule has 0 heterocycles. The number of hydrogen-bond donors (Lipinski definition) is 0. The van der Waals surface area contributed by atoms with E-state index in [1.165, 1.54) is 13.5 Å². The van der Waals surface area contributed by atoms with E-state index in [1.807, 2.05) is 0 Å². The molecule has 0 unspecified atom stereocenters. The zero-order chi connectivity index (χ0) is 10.6. The summed E-state index contributed by atoms with van der Waals surface area (Å²) < 4.78 is 19.5. The molecule has 4 bridgehead atoms. The first-order valence-corrected chi connectivity index (χ1v) is 5.92. The van der Waals surface area contributed by atoms with Gasteiger partial charge in [-0.3, -0.25) is 0 Å². The van der Waals surface area contributed by atoms with Crippen LogP contribution in [0.3, 0.4) is 0 Å². The molecule has 0 saturated heterocycles. The van der Waals surface area contributed by atoms with Gasteiger partial charge in [0.1, 0.15) is 0 Å². The maximum absolute atomic E-state index is 14.8. The number of halogens is 1. The van der Waals surface area contributed by atoms with Gasteiger partial charge in [0.05, 0.1) is 7.11 Å². The van der Waals surface area contributed by atoms with Crippen molar-refractivity contribution in [3.63, 3.8) is 0 Å². The molecule has 4 aliphatic carbocycles. The van der Waals surface area contributed by atoms with Crippen LogP contribution < -0.4 is 0 Å². The summed E-state index contributed by atoms with van der Waals surface area (Å²) in [5, 5.41) is 0. The Balaban J connectivity index is 1.94. The molecule has 15 heavy (non-hydrogen) atoms. The minimum atomic E-state index is -1.65. The Bertz CT molecular complexity index is 272. The molecule has 0 radical (unpaired) electrons. The van der Waals surface area contributed by atoms with Gasteiger partial charge in [0.25, 0.3) is 0 Å². The third-order valence-electron chi connectivity index (χ3n) is 4.82. The van der Waals surface area contributed by atoms with Gasteiger partial charge in [-0.1, -0.05) is 0 Å². The summed E-state index contributed by atoms with van der Waals surface area (Å²) in [6, 6.07) is 0. The number of esters is 1. The van der Waals surface area contributed by atoms with Gasteiger partial charge < -0.3 is 4.74 Å². The average Bonchev–Trinajstić information content (AvgIpc) is 2.23. The molecule has 0 N–H and O–H groups in total. The van der Waals surface area contributed by atoms with Gasteiger partial charge in [-0.25, -0.2) is 9.18 Å².